The molecule has 2 N–H and O–H groups in total. The number of ether oxygens (including phenoxy) is 1. The first kappa shape index (κ1) is 23.0. The van der Waals surface area contributed by atoms with Crippen LogP contribution in [0.3, 0.4) is 0 Å². The molecule has 2 rings (SSSR count). The van der Waals surface area contributed by atoms with Gasteiger partial charge < -0.3 is 15.4 Å². The number of thioether (sulfide) groups is 1. The number of amides is 2. The normalized spacial score (nSPS) is 10.3. The molecule has 1 heterocycles. The fourth-order valence-corrected chi connectivity index (χ4v) is 4.16. The van der Waals surface area contributed by atoms with Crippen molar-refractivity contribution in [2.24, 2.45) is 0 Å². The van der Waals surface area contributed by atoms with Crippen molar-refractivity contribution in [3.05, 3.63) is 57.9 Å². The second-order valence-electron chi connectivity index (χ2n) is 5.79. The van der Waals surface area contributed by atoms with Gasteiger partial charge in [0.05, 0.1) is 22.8 Å². The van der Waals surface area contributed by atoms with Crippen LogP contribution in [0.5, 0.6) is 0 Å². The van der Waals surface area contributed by atoms with Crippen molar-refractivity contribution < 1.29 is 19.1 Å². The number of thiophene rings is 1. The smallest absolute Gasteiger partial charge is 0.341 e. The highest BCUT2D eigenvalue weighted by Gasteiger charge is 2.26. The Hall–Kier alpha value is -2.29. The van der Waals surface area contributed by atoms with Crippen LogP contribution in [-0.2, 0) is 9.53 Å². The minimum absolute atomic E-state index is 0.184. The molecule has 29 heavy (non-hydrogen) atoms. The molecule has 0 saturated carbocycles. The number of carbonyl (C=O) groups is 3. The van der Waals surface area contributed by atoms with Crippen LogP contribution in [0.2, 0.25) is 5.02 Å². The maximum absolute atomic E-state index is 12.7. The van der Waals surface area contributed by atoms with E-state index in [-0.39, 0.29) is 29.7 Å². The van der Waals surface area contributed by atoms with Gasteiger partial charge in [0.25, 0.3) is 5.91 Å². The lowest BCUT2D eigenvalue weighted by Gasteiger charge is -2.07. The average molecular weight is 453 g/mol. The molecule has 0 radical (unpaired) electrons. The van der Waals surface area contributed by atoms with Gasteiger partial charge in [-0.3, -0.25) is 9.59 Å². The molecule has 2 amide bonds. The van der Waals surface area contributed by atoms with Gasteiger partial charge >= 0.3 is 5.97 Å². The molecular weight excluding hydrogens is 432 g/mol. The SMILES string of the molecule is C=CCSCC(=O)Nc1sc(C(=O)Nc2ccc(Cl)cc2)c(C)c1C(=O)OCC. The van der Waals surface area contributed by atoms with Crippen LogP contribution in [0, 0.1) is 6.92 Å². The summed E-state index contributed by atoms with van der Waals surface area (Å²) in [4.78, 5) is 37.7. The number of benzene rings is 1. The summed E-state index contributed by atoms with van der Waals surface area (Å²) in [7, 11) is 0. The predicted octanol–water partition coefficient (Wildman–Crippen LogP) is 5.00. The Balaban J connectivity index is 2.28. The van der Waals surface area contributed by atoms with Gasteiger partial charge in [-0.15, -0.1) is 29.7 Å². The molecule has 0 fully saturated rings. The number of esters is 1. The topological polar surface area (TPSA) is 84.5 Å². The molecule has 0 aliphatic heterocycles. The largest absolute Gasteiger partial charge is 0.462 e. The van der Waals surface area contributed by atoms with Crippen molar-refractivity contribution in [2.45, 2.75) is 13.8 Å². The monoisotopic (exact) mass is 452 g/mol. The van der Waals surface area contributed by atoms with Gasteiger partial charge in [0.2, 0.25) is 5.91 Å². The molecule has 0 spiro atoms. The number of hydrogen-bond acceptors (Lipinski definition) is 6. The van der Waals surface area contributed by atoms with E-state index in [2.05, 4.69) is 17.2 Å². The van der Waals surface area contributed by atoms with Crippen LogP contribution < -0.4 is 10.6 Å². The first-order valence-corrected chi connectivity index (χ1v) is 11.1. The van der Waals surface area contributed by atoms with Crippen molar-refractivity contribution in [1.29, 1.82) is 0 Å². The molecule has 1 aromatic heterocycles. The second-order valence-corrected chi connectivity index (χ2v) is 8.28. The van der Waals surface area contributed by atoms with E-state index in [9.17, 15) is 14.4 Å². The van der Waals surface area contributed by atoms with Crippen LogP contribution in [-0.4, -0.2) is 35.9 Å². The second kappa shape index (κ2) is 11.0. The van der Waals surface area contributed by atoms with E-state index >= 15 is 0 Å². The summed E-state index contributed by atoms with van der Waals surface area (Å²) in [5.74, 6) is -0.399. The number of nitrogens with one attached hydrogen (secondary N) is 2. The van der Waals surface area contributed by atoms with Gasteiger partial charge in [0, 0.05) is 16.5 Å². The zero-order valence-corrected chi connectivity index (χ0v) is 18.4. The Morgan fingerprint density at radius 1 is 1.24 bits per heavy atom. The van der Waals surface area contributed by atoms with Crippen molar-refractivity contribution >= 4 is 63.2 Å². The molecule has 0 saturated heterocycles. The molecule has 2 aromatic rings. The molecule has 0 aliphatic rings. The first-order chi connectivity index (χ1) is 13.9. The Bertz CT molecular complexity index is 910. The van der Waals surface area contributed by atoms with Gasteiger partial charge in [-0.1, -0.05) is 17.7 Å². The highest BCUT2D eigenvalue weighted by atomic mass is 35.5. The predicted molar refractivity (Wildman–Crippen MR) is 121 cm³/mol. The maximum Gasteiger partial charge on any atom is 0.341 e. The standard InChI is InChI=1S/C20H21ClN2O4S2/c1-4-10-28-11-15(24)23-19-16(20(26)27-5-2)12(3)17(29-19)18(25)22-14-8-6-13(21)7-9-14/h4,6-9H,1,5,10-11H2,2-3H3,(H,22,25)(H,23,24). The fourth-order valence-electron chi connectivity index (χ4n) is 2.39. The zero-order valence-electron chi connectivity index (χ0n) is 16.0. The highest BCUT2D eigenvalue weighted by Crippen LogP contribution is 2.34. The van der Waals surface area contributed by atoms with Crippen LogP contribution in [0.4, 0.5) is 10.7 Å². The van der Waals surface area contributed by atoms with Crippen molar-refractivity contribution in [1.82, 2.24) is 0 Å². The van der Waals surface area contributed by atoms with Crippen LogP contribution in [0.1, 0.15) is 32.5 Å². The van der Waals surface area contributed by atoms with E-state index in [4.69, 9.17) is 16.3 Å². The quantitative estimate of drug-likeness (QED) is 0.318. The number of carbonyl (C=O) groups excluding carboxylic acids is 3. The Morgan fingerprint density at radius 3 is 2.55 bits per heavy atom. The summed E-state index contributed by atoms with van der Waals surface area (Å²) in [6, 6.07) is 6.67. The summed E-state index contributed by atoms with van der Waals surface area (Å²) >= 11 is 8.30. The Morgan fingerprint density at radius 2 is 1.93 bits per heavy atom. The van der Waals surface area contributed by atoms with E-state index in [0.29, 0.717) is 31.9 Å². The summed E-state index contributed by atoms with van der Waals surface area (Å²) in [5.41, 5.74) is 1.21. The van der Waals surface area contributed by atoms with E-state index in [0.717, 1.165) is 11.3 Å². The molecule has 0 atom stereocenters. The van der Waals surface area contributed by atoms with Crippen molar-refractivity contribution in [3.8, 4) is 0 Å². The van der Waals surface area contributed by atoms with E-state index in [1.807, 2.05) is 0 Å². The van der Waals surface area contributed by atoms with E-state index in [1.54, 1.807) is 44.2 Å². The van der Waals surface area contributed by atoms with Crippen molar-refractivity contribution in [2.75, 3.05) is 28.7 Å². The number of hydrogen-bond donors (Lipinski definition) is 2. The number of rotatable bonds is 9. The van der Waals surface area contributed by atoms with E-state index in [1.165, 1.54) is 11.8 Å². The van der Waals surface area contributed by atoms with Gasteiger partial charge in [-0.05, 0) is 43.7 Å². The highest BCUT2D eigenvalue weighted by molar-refractivity contribution is 8.00. The summed E-state index contributed by atoms with van der Waals surface area (Å²) in [6.07, 6.45) is 1.70. The van der Waals surface area contributed by atoms with Gasteiger partial charge in [0.15, 0.2) is 0 Å². The molecule has 6 nitrogen and oxygen atoms in total. The third-order valence-electron chi connectivity index (χ3n) is 3.66. The first-order valence-electron chi connectivity index (χ1n) is 8.73. The third-order valence-corrected chi connectivity index (χ3v) is 6.05. The van der Waals surface area contributed by atoms with Gasteiger partial charge in [-0.25, -0.2) is 4.79 Å². The summed E-state index contributed by atoms with van der Waals surface area (Å²) in [6.45, 7) is 7.14. The number of halogens is 1. The lowest BCUT2D eigenvalue weighted by molar-refractivity contribution is -0.113. The number of anilines is 2. The van der Waals surface area contributed by atoms with Gasteiger partial charge in [0.1, 0.15) is 5.00 Å². The lowest BCUT2D eigenvalue weighted by atomic mass is 10.1. The molecule has 0 aliphatic carbocycles. The Labute approximate surface area is 182 Å². The summed E-state index contributed by atoms with van der Waals surface area (Å²) in [5, 5.41) is 6.34. The lowest BCUT2D eigenvalue weighted by Crippen LogP contribution is -2.16. The van der Waals surface area contributed by atoms with Crippen LogP contribution in [0.25, 0.3) is 0 Å². The van der Waals surface area contributed by atoms with E-state index < -0.39 is 5.97 Å². The third kappa shape index (κ3) is 6.35. The zero-order chi connectivity index (χ0) is 21.4. The molecule has 1 aromatic carbocycles. The minimum atomic E-state index is -0.583. The van der Waals surface area contributed by atoms with Gasteiger partial charge in [-0.2, -0.15) is 0 Å². The minimum Gasteiger partial charge on any atom is -0.462 e. The Kier molecular flexibility index (Phi) is 8.75. The molecule has 9 heteroatoms. The molecular formula is C20H21ClN2O4S2. The van der Waals surface area contributed by atoms with Crippen LogP contribution in [0.15, 0.2) is 36.9 Å². The summed E-state index contributed by atoms with van der Waals surface area (Å²) < 4.78 is 5.11. The molecule has 0 bridgehead atoms. The molecule has 0 unspecified atom stereocenters. The maximum atomic E-state index is 12.7. The average Bonchev–Trinajstić information content (AvgIpc) is 3.00. The van der Waals surface area contributed by atoms with Crippen molar-refractivity contribution in [3.63, 3.8) is 0 Å². The molecule has 154 valence electrons. The fraction of sp³-hybridized carbons (Fsp3) is 0.250. The van der Waals surface area contributed by atoms with Crippen LogP contribution >= 0.6 is 34.7 Å².